The van der Waals surface area contributed by atoms with E-state index in [0.29, 0.717) is 19.3 Å². The molecule has 1 aliphatic heterocycles. The highest BCUT2D eigenvalue weighted by Crippen LogP contribution is 2.24. The molecule has 1 rings (SSSR count). The van der Waals surface area contributed by atoms with Crippen molar-refractivity contribution in [2.24, 2.45) is 0 Å². The van der Waals surface area contributed by atoms with Crippen molar-refractivity contribution in [3.8, 4) is 0 Å². The number of allylic oxidation sites excluding steroid dienone is 12. The largest absolute Gasteiger partial charge is 0.462 e. The molecule has 1 saturated heterocycles. The Hall–Kier alpha value is -2.91. The van der Waals surface area contributed by atoms with Gasteiger partial charge in [-0.25, -0.2) is 0 Å². The molecule has 0 aromatic heterocycles. The summed E-state index contributed by atoms with van der Waals surface area (Å²) in [6.45, 7) is 3.69. The molecule has 13 heteroatoms. The van der Waals surface area contributed by atoms with Crippen LogP contribution in [0.2, 0.25) is 0 Å². The van der Waals surface area contributed by atoms with Crippen LogP contribution >= 0.6 is 0 Å². The zero-order valence-corrected chi connectivity index (χ0v) is 41.6. The van der Waals surface area contributed by atoms with Crippen molar-refractivity contribution in [3.05, 3.63) is 72.9 Å². The minimum Gasteiger partial charge on any atom is -0.462 e. The lowest BCUT2D eigenvalue weighted by Gasteiger charge is -2.40. The molecule has 0 bridgehead atoms. The van der Waals surface area contributed by atoms with Crippen LogP contribution in [0.15, 0.2) is 72.9 Å². The van der Waals surface area contributed by atoms with E-state index in [0.717, 1.165) is 64.2 Å². The summed E-state index contributed by atoms with van der Waals surface area (Å²) >= 11 is 0. The Morgan fingerprint density at radius 2 is 0.924 bits per heavy atom. The highest BCUT2D eigenvalue weighted by atomic mass is 32.2. The van der Waals surface area contributed by atoms with Crippen molar-refractivity contribution >= 4 is 22.1 Å². The van der Waals surface area contributed by atoms with E-state index in [1.165, 1.54) is 83.5 Å². The van der Waals surface area contributed by atoms with Crippen LogP contribution in [0, 0.1) is 0 Å². The Bertz CT molecular complexity index is 1490. The second-order valence-corrected chi connectivity index (χ2v) is 19.0. The summed E-state index contributed by atoms with van der Waals surface area (Å²) in [7, 11) is -4.62. The first-order valence-electron chi connectivity index (χ1n) is 25.5. The van der Waals surface area contributed by atoms with Crippen molar-refractivity contribution in [2.45, 2.75) is 230 Å². The van der Waals surface area contributed by atoms with Gasteiger partial charge in [-0.15, -0.1) is 0 Å². The standard InChI is InChI=1S/C53H90O12S/c1-3-5-7-9-11-13-15-17-19-21-22-23-24-26-28-30-32-34-36-38-40-42-49(55)64-46(44-63-53-52(58)51(57)50(56)47(65-53)45-66(59,60)61)43-62-48(54)41-39-37-35-33-31-29-27-25-20-18-16-14-12-10-8-6-4-2/h12,14,18-21,23-24,28,30,34,36,46-47,50-53,56-58H,3-11,13,15-17,22,25-27,29,31-33,35,37-45H2,1-2H3,(H,59,60,61)/b14-12+,20-18+,21-19+,24-23+,30-28+,36-34+/t46-,47-,50-,51?,52?,53+/m1/s1. The molecule has 66 heavy (non-hydrogen) atoms. The highest BCUT2D eigenvalue weighted by Gasteiger charge is 2.46. The first-order valence-corrected chi connectivity index (χ1v) is 27.1. The summed E-state index contributed by atoms with van der Waals surface area (Å²) in [4.78, 5) is 25.5. The molecule has 0 aromatic carbocycles. The van der Waals surface area contributed by atoms with Crippen molar-refractivity contribution in [1.29, 1.82) is 0 Å². The molecule has 6 atom stereocenters. The molecule has 380 valence electrons. The summed E-state index contributed by atoms with van der Waals surface area (Å²) in [5, 5.41) is 31.0. The number of rotatable bonds is 42. The van der Waals surface area contributed by atoms with Gasteiger partial charge in [0.1, 0.15) is 36.8 Å². The smallest absolute Gasteiger partial charge is 0.306 e. The molecule has 0 spiro atoms. The van der Waals surface area contributed by atoms with E-state index in [1.54, 1.807) is 0 Å². The molecule has 2 unspecified atom stereocenters. The minimum absolute atomic E-state index is 0.0837. The molecule has 0 aromatic rings. The Labute approximate surface area is 399 Å². The fraction of sp³-hybridized carbons (Fsp3) is 0.736. The lowest BCUT2D eigenvalue weighted by Crippen LogP contribution is -2.60. The van der Waals surface area contributed by atoms with Crippen LogP contribution in [0.4, 0.5) is 0 Å². The fourth-order valence-electron chi connectivity index (χ4n) is 7.29. The second-order valence-electron chi connectivity index (χ2n) is 17.5. The van der Waals surface area contributed by atoms with Crippen molar-refractivity contribution in [3.63, 3.8) is 0 Å². The van der Waals surface area contributed by atoms with E-state index in [2.05, 4.69) is 74.6 Å². The molecule has 1 aliphatic rings. The van der Waals surface area contributed by atoms with Crippen LogP contribution in [-0.2, 0) is 38.7 Å². The predicted molar refractivity (Wildman–Crippen MR) is 265 cm³/mol. The summed E-state index contributed by atoms with van der Waals surface area (Å²) in [5.41, 5.74) is 0. The topological polar surface area (TPSA) is 186 Å². The minimum atomic E-state index is -4.62. The van der Waals surface area contributed by atoms with Crippen LogP contribution < -0.4 is 0 Å². The Morgan fingerprint density at radius 3 is 1.42 bits per heavy atom. The van der Waals surface area contributed by atoms with Crippen LogP contribution in [0.3, 0.4) is 0 Å². The normalized spacial score (nSPS) is 20.0. The number of hydrogen-bond donors (Lipinski definition) is 4. The van der Waals surface area contributed by atoms with Crippen LogP contribution in [0.5, 0.6) is 0 Å². The van der Waals surface area contributed by atoms with Gasteiger partial charge in [-0.1, -0.05) is 170 Å². The van der Waals surface area contributed by atoms with E-state index in [1.807, 2.05) is 12.2 Å². The Morgan fingerprint density at radius 1 is 0.515 bits per heavy atom. The molecular weight excluding hydrogens is 861 g/mol. The van der Waals surface area contributed by atoms with Gasteiger partial charge in [0.25, 0.3) is 10.1 Å². The van der Waals surface area contributed by atoms with Gasteiger partial charge >= 0.3 is 11.9 Å². The SMILES string of the molecule is CCCCC/C=C/C/C=C/CCCCCCCCCC(=O)OC[C@H](CO[C@H]1O[C@H](CS(=O)(=O)O)[C@@H](O)C(O)C1O)OC(=O)CCC/C=C/C/C=C/C/C=C/C/C=C/CCCCCCCCC. The fourth-order valence-corrected chi connectivity index (χ4v) is 7.98. The third-order valence-corrected chi connectivity index (χ3v) is 12.0. The summed E-state index contributed by atoms with van der Waals surface area (Å²) in [6, 6.07) is 0. The van der Waals surface area contributed by atoms with E-state index in [-0.39, 0.29) is 19.4 Å². The van der Waals surface area contributed by atoms with Gasteiger partial charge in [-0.3, -0.25) is 14.1 Å². The number of hydrogen-bond acceptors (Lipinski definition) is 11. The van der Waals surface area contributed by atoms with Gasteiger partial charge in [-0.05, 0) is 83.5 Å². The van der Waals surface area contributed by atoms with Crippen molar-refractivity contribution in [1.82, 2.24) is 0 Å². The van der Waals surface area contributed by atoms with Crippen molar-refractivity contribution < 1.29 is 56.8 Å². The molecule has 0 aliphatic carbocycles. The zero-order chi connectivity index (χ0) is 48.4. The predicted octanol–water partition coefficient (Wildman–Crippen LogP) is 11.5. The molecule has 0 amide bonds. The lowest BCUT2D eigenvalue weighted by molar-refractivity contribution is -0.297. The third kappa shape index (κ3) is 36.2. The molecule has 1 heterocycles. The number of ether oxygens (including phenoxy) is 4. The molecule has 0 radical (unpaired) electrons. The molecule has 0 saturated carbocycles. The third-order valence-electron chi connectivity index (χ3n) is 11.3. The Balaban J connectivity index is 2.45. The first-order chi connectivity index (χ1) is 32.0. The molecule has 12 nitrogen and oxygen atoms in total. The first kappa shape index (κ1) is 61.1. The number of aliphatic hydroxyl groups is 3. The zero-order valence-electron chi connectivity index (χ0n) is 40.8. The highest BCUT2D eigenvalue weighted by molar-refractivity contribution is 7.85. The van der Waals surface area contributed by atoms with Crippen molar-refractivity contribution in [2.75, 3.05) is 19.0 Å². The maximum atomic E-state index is 12.8. The van der Waals surface area contributed by atoms with Crippen LogP contribution in [-0.4, -0.2) is 96.0 Å². The molecule has 1 fully saturated rings. The number of unbranched alkanes of at least 4 members (excludes halogenated alkanes) is 18. The average Bonchev–Trinajstić information content (AvgIpc) is 3.28. The number of esters is 2. The van der Waals surface area contributed by atoms with Gasteiger partial charge < -0.3 is 34.3 Å². The van der Waals surface area contributed by atoms with E-state index >= 15 is 0 Å². The number of carbonyl (C=O) groups excluding carboxylic acids is 2. The van der Waals surface area contributed by atoms with Gasteiger partial charge in [0, 0.05) is 12.8 Å². The van der Waals surface area contributed by atoms with E-state index < -0.39 is 71.2 Å². The summed E-state index contributed by atoms with van der Waals surface area (Å²) < 4.78 is 54.1. The van der Waals surface area contributed by atoms with Gasteiger partial charge in [0.15, 0.2) is 12.4 Å². The van der Waals surface area contributed by atoms with Gasteiger partial charge in [0.2, 0.25) is 0 Å². The number of carbonyl (C=O) groups is 2. The second kappa shape index (κ2) is 42.2. The van der Waals surface area contributed by atoms with Crippen LogP contribution in [0.25, 0.3) is 0 Å². The maximum Gasteiger partial charge on any atom is 0.306 e. The maximum absolute atomic E-state index is 12.8. The summed E-state index contributed by atoms with van der Waals surface area (Å²) in [6.07, 6.45) is 45.2. The monoisotopic (exact) mass is 951 g/mol. The van der Waals surface area contributed by atoms with Crippen LogP contribution in [0.1, 0.15) is 194 Å². The quantitative estimate of drug-likeness (QED) is 0.0197. The number of aliphatic hydroxyl groups excluding tert-OH is 3. The average molecular weight is 951 g/mol. The lowest BCUT2D eigenvalue weighted by atomic mass is 10.00. The van der Waals surface area contributed by atoms with Gasteiger partial charge in [-0.2, -0.15) is 8.42 Å². The summed E-state index contributed by atoms with van der Waals surface area (Å²) in [5.74, 6) is -2.07. The van der Waals surface area contributed by atoms with Gasteiger partial charge in [0.05, 0.1) is 6.61 Å². The molecular formula is C53H90O12S. The molecule has 4 N–H and O–H groups in total. The van der Waals surface area contributed by atoms with E-state index in [4.69, 9.17) is 18.9 Å². The Kier molecular flexibility index (Phi) is 39.1. The van der Waals surface area contributed by atoms with E-state index in [9.17, 15) is 37.9 Å².